The van der Waals surface area contributed by atoms with Crippen LogP contribution in [0.5, 0.6) is 0 Å². The van der Waals surface area contributed by atoms with Crippen LogP contribution in [0.4, 0.5) is 5.13 Å². The number of rotatable bonds is 3. The molecule has 0 bridgehead atoms. The molecule has 0 aliphatic carbocycles. The number of carboxylic acids is 1. The van der Waals surface area contributed by atoms with Gasteiger partial charge in [0.2, 0.25) is 0 Å². The van der Waals surface area contributed by atoms with Gasteiger partial charge in [0.25, 0.3) is 0 Å². The van der Waals surface area contributed by atoms with Gasteiger partial charge in [0.15, 0.2) is 10.8 Å². The molecule has 19 heavy (non-hydrogen) atoms. The minimum absolute atomic E-state index is 0.148. The van der Waals surface area contributed by atoms with E-state index in [9.17, 15) is 4.79 Å². The van der Waals surface area contributed by atoms with Gasteiger partial charge >= 0.3 is 5.97 Å². The fraction of sp³-hybridized carbons (Fsp3) is 0.667. The van der Waals surface area contributed by atoms with Crippen molar-refractivity contribution in [2.45, 2.75) is 12.5 Å². The lowest BCUT2D eigenvalue weighted by Gasteiger charge is -2.32. The van der Waals surface area contributed by atoms with Crippen LogP contribution in [-0.2, 0) is 4.74 Å². The monoisotopic (exact) mass is 283 g/mol. The maximum atomic E-state index is 10.8. The highest BCUT2D eigenvalue weighted by molar-refractivity contribution is 7.13. The summed E-state index contributed by atoms with van der Waals surface area (Å²) in [6.45, 7) is 5.52. The second-order valence-corrected chi connectivity index (χ2v) is 5.69. The van der Waals surface area contributed by atoms with Crippen LogP contribution in [0.25, 0.3) is 0 Å². The Kier molecular flexibility index (Phi) is 3.67. The summed E-state index contributed by atoms with van der Waals surface area (Å²) in [7, 11) is 0. The van der Waals surface area contributed by atoms with Gasteiger partial charge in [-0.05, 0) is 6.42 Å². The van der Waals surface area contributed by atoms with Gasteiger partial charge in [-0.15, -0.1) is 11.3 Å². The van der Waals surface area contributed by atoms with Gasteiger partial charge in [-0.25, -0.2) is 9.78 Å². The van der Waals surface area contributed by atoms with Crippen LogP contribution >= 0.6 is 11.3 Å². The minimum atomic E-state index is -0.952. The van der Waals surface area contributed by atoms with Crippen molar-refractivity contribution in [3.05, 3.63) is 11.1 Å². The quantitative estimate of drug-likeness (QED) is 0.883. The summed E-state index contributed by atoms with van der Waals surface area (Å²) < 4.78 is 5.37. The van der Waals surface area contributed by atoms with Crippen molar-refractivity contribution < 1.29 is 14.6 Å². The standard InChI is InChI=1S/C12H17N3O3S/c16-11(17)10-8-19-12(13-10)15-2-1-9(7-15)14-3-5-18-6-4-14/h8-9H,1-7H2,(H,16,17). The van der Waals surface area contributed by atoms with E-state index in [4.69, 9.17) is 9.84 Å². The molecule has 2 aliphatic rings. The van der Waals surface area contributed by atoms with Crippen molar-refractivity contribution in [1.29, 1.82) is 0 Å². The van der Waals surface area contributed by atoms with Crippen molar-refractivity contribution in [1.82, 2.24) is 9.88 Å². The van der Waals surface area contributed by atoms with Crippen LogP contribution in [0.15, 0.2) is 5.38 Å². The molecular weight excluding hydrogens is 266 g/mol. The molecule has 2 fully saturated rings. The highest BCUT2D eigenvalue weighted by Gasteiger charge is 2.30. The minimum Gasteiger partial charge on any atom is -0.476 e. The third-order valence-electron chi connectivity index (χ3n) is 3.71. The Bertz CT molecular complexity index is 459. The summed E-state index contributed by atoms with van der Waals surface area (Å²) in [4.78, 5) is 19.7. The Hall–Kier alpha value is -1.18. The van der Waals surface area contributed by atoms with E-state index in [-0.39, 0.29) is 5.69 Å². The molecule has 3 rings (SSSR count). The maximum absolute atomic E-state index is 10.8. The summed E-state index contributed by atoms with van der Waals surface area (Å²) in [5.74, 6) is -0.952. The van der Waals surface area contributed by atoms with E-state index in [1.807, 2.05) is 0 Å². The lowest BCUT2D eigenvalue weighted by molar-refractivity contribution is 0.0209. The fourth-order valence-corrected chi connectivity index (χ4v) is 3.50. The first-order valence-corrected chi connectivity index (χ1v) is 7.37. The number of hydrogen-bond donors (Lipinski definition) is 1. The second kappa shape index (κ2) is 5.44. The third-order valence-corrected chi connectivity index (χ3v) is 4.61. The highest BCUT2D eigenvalue weighted by Crippen LogP contribution is 2.26. The molecule has 1 atom stereocenters. The lowest BCUT2D eigenvalue weighted by atomic mass is 10.2. The molecular formula is C12H17N3O3S. The Morgan fingerprint density at radius 2 is 2.21 bits per heavy atom. The zero-order chi connectivity index (χ0) is 13.2. The Balaban J connectivity index is 1.62. The van der Waals surface area contributed by atoms with Crippen LogP contribution in [0, 0.1) is 0 Å². The molecule has 0 spiro atoms. The second-order valence-electron chi connectivity index (χ2n) is 4.86. The maximum Gasteiger partial charge on any atom is 0.355 e. The zero-order valence-electron chi connectivity index (χ0n) is 10.6. The van der Waals surface area contributed by atoms with Crippen molar-refractivity contribution in [2.75, 3.05) is 44.3 Å². The number of aromatic nitrogens is 1. The smallest absolute Gasteiger partial charge is 0.355 e. The average molecular weight is 283 g/mol. The van der Waals surface area contributed by atoms with Gasteiger partial charge in [0.1, 0.15) is 0 Å². The Labute approximate surface area is 115 Å². The molecule has 6 nitrogen and oxygen atoms in total. The molecule has 1 unspecified atom stereocenters. The molecule has 104 valence electrons. The molecule has 1 N–H and O–H groups in total. The van der Waals surface area contributed by atoms with Gasteiger partial charge in [-0.1, -0.05) is 0 Å². The number of hydrogen-bond acceptors (Lipinski definition) is 6. The van der Waals surface area contributed by atoms with Gasteiger partial charge in [0, 0.05) is 37.6 Å². The summed E-state index contributed by atoms with van der Waals surface area (Å²) in [6.07, 6.45) is 1.11. The molecule has 3 heterocycles. The predicted molar refractivity (Wildman–Crippen MR) is 72.1 cm³/mol. The van der Waals surface area contributed by atoms with Gasteiger partial charge < -0.3 is 14.7 Å². The van der Waals surface area contributed by atoms with Crippen LogP contribution in [0.1, 0.15) is 16.9 Å². The van der Waals surface area contributed by atoms with Crippen LogP contribution in [-0.4, -0.2) is 66.4 Å². The zero-order valence-corrected chi connectivity index (χ0v) is 11.4. The molecule has 0 aromatic carbocycles. The number of carboxylic acid groups (broad SMARTS) is 1. The van der Waals surface area contributed by atoms with E-state index in [0.29, 0.717) is 6.04 Å². The Morgan fingerprint density at radius 3 is 2.89 bits per heavy atom. The van der Waals surface area contributed by atoms with E-state index in [1.165, 1.54) is 11.3 Å². The van der Waals surface area contributed by atoms with Crippen molar-refractivity contribution in [2.24, 2.45) is 0 Å². The first-order chi connectivity index (χ1) is 9.24. The number of thiazole rings is 1. The van der Waals surface area contributed by atoms with Gasteiger partial charge in [-0.3, -0.25) is 4.90 Å². The van der Waals surface area contributed by atoms with E-state index in [1.54, 1.807) is 5.38 Å². The third kappa shape index (κ3) is 2.72. The average Bonchev–Trinajstić information content (AvgIpc) is 3.09. The Morgan fingerprint density at radius 1 is 1.42 bits per heavy atom. The fourth-order valence-electron chi connectivity index (χ4n) is 2.66. The van der Waals surface area contributed by atoms with Gasteiger partial charge in [-0.2, -0.15) is 0 Å². The number of ether oxygens (including phenoxy) is 1. The highest BCUT2D eigenvalue weighted by atomic mass is 32.1. The van der Waals surface area contributed by atoms with E-state index in [0.717, 1.165) is 50.9 Å². The number of nitrogens with zero attached hydrogens (tertiary/aromatic N) is 3. The number of morpholine rings is 1. The first-order valence-electron chi connectivity index (χ1n) is 6.49. The largest absolute Gasteiger partial charge is 0.476 e. The number of anilines is 1. The number of aromatic carboxylic acids is 1. The summed E-state index contributed by atoms with van der Waals surface area (Å²) >= 11 is 1.41. The van der Waals surface area contributed by atoms with Crippen LogP contribution in [0.3, 0.4) is 0 Å². The van der Waals surface area contributed by atoms with Crippen LogP contribution < -0.4 is 4.90 Å². The van der Waals surface area contributed by atoms with Crippen molar-refractivity contribution in [3.8, 4) is 0 Å². The molecule has 0 amide bonds. The summed E-state index contributed by atoms with van der Waals surface area (Å²) in [5, 5.41) is 11.3. The predicted octanol–water partition coefficient (Wildman–Crippen LogP) is 0.752. The topological polar surface area (TPSA) is 65.9 Å². The van der Waals surface area contributed by atoms with Gasteiger partial charge in [0.05, 0.1) is 13.2 Å². The van der Waals surface area contributed by atoms with Crippen LogP contribution in [0.2, 0.25) is 0 Å². The van der Waals surface area contributed by atoms with E-state index < -0.39 is 5.97 Å². The molecule has 0 saturated carbocycles. The first kappa shape index (κ1) is 12.8. The molecule has 7 heteroatoms. The number of carbonyl (C=O) groups is 1. The van der Waals surface area contributed by atoms with Crippen molar-refractivity contribution >= 4 is 22.4 Å². The van der Waals surface area contributed by atoms with Crippen molar-refractivity contribution in [3.63, 3.8) is 0 Å². The molecule has 1 aromatic rings. The molecule has 2 saturated heterocycles. The molecule has 1 aromatic heterocycles. The lowest BCUT2D eigenvalue weighted by Crippen LogP contribution is -2.44. The molecule has 2 aliphatic heterocycles. The summed E-state index contributed by atoms with van der Waals surface area (Å²) in [6, 6.07) is 0.543. The van der Waals surface area contributed by atoms with E-state index in [2.05, 4.69) is 14.8 Å². The normalized spacial score (nSPS) is 24.8. The van der Waals surface area contributed by atoms with E-state index >= 15 is 0 Å². The molecule has 0 radical (unpaired) electrons. The summed E-state index contributed by atoms with van der Waals surface area (Å²) in [5.41, 5.74) is 0.148. The SMILES string of the molecule is O=C(O)c1csc(N2CCC(N3CCOCC3)C2)n1.